The maximum atomic E-state index is 11.6. The molecule has 2 N–H and O–H groups in total. The molecule has 19 heavy (non-hydrogen) atoms. The molecule has 4 nitrogen and oxygen atoms in total. The van der Waals surface area contributed by atoms with Crippen LogP contribution in [0, 0.1) is 0 Å². The summed E-state index contributed by atoms with van der Waals surface area (Å²) in [5.41, 5.74) is 5.09. The molecule has 0 radical (unpaired) electrons. The fourth-order valence-electron chi connectivity index (χ4n) is 1.78. The first kappa shape index (κ1) is 13.6. The van der Waals surface area contributed by atoms with Crippen molar-refractivity contribution in [3.8, 4) is 16.9 Å². The number of nitrogen functional groups attached to an aromatic ring is 1. The van der Waals surface area contributed by atoms with Crippen molar-refractivity contribution in [3.05, 3.63) is 43.7 Å². The van der Waals surface area contributed by atoms with Gasteiger partial charge in [-0.05, 0) is 31.5 Å². The summed E-state index contributed by atoms with van der Waals surface area (Å²) in [5, 5.41) is 0.499. The highest BCUT2D eigenvalue weighted by molar-refractivity contribution is 6.30. The predicted octanol–water partition coefficient (Wildman–Crippen LogP) is 2.36. The van der Waals surface area contributed by atoms with E-state index in [9.17, 15) is 9.59 Å². The molecule has 2 aromatic carbocycles. The molecule has 0 heterocycles. The summed E-state index contributed by atoms with van der Waals surface area (Å²) in [6.07, 6.45) is 0.790. The van der Waals surface area contributed by atoms with Crippen LogP contribution in [0.1, 0.15) is 20.3 Å². The highest BCUT2D eigenvalue weighted by Crippen LogP contribution is 2.34. The molecule has 1 unspecified atom stereocenters. The normalized spacial score (nSPS) is 12.6. The van der Waals surface area contributed by atoms with Gasteiger partial charge in [-0.2, -0.15) is 0 Å². The third-order valence-corrected chi connectivity index (χ3v) is 3.30. The second-order valence-corrected chi connectivity index (χ2v) is 4.86. The van der Waals surface area contributed by atoms with Crippen LogP contribution in [0.15, 0.2) is 27.8 Å². The van der Waals surface area contributed by atoms with E-state index in [0.717, 1.165) is 6.42 Å². The molecule has 0 aliphatic carbocycles. The Balaban J connectivity index is 2.52. The molecule has 2 rings (SSSR count). The van der Waals surface area contributed by atoms with Crippen LogP contribution >= 0.6 is 11.6 Å². The maximum absolute atomic E-state index is 11.6. The van der Waals surface area contributed by atoms with Crippen molar-refractivity contribution in [2.45, 2.75) is 26.4 Å². The first-order valence-corrected chi connectivity index (χ1v) is 6.38. The molecule has 0 aliphatic rings. The fraction of sp³-hybridized carbons (Fsp3) is 0.286. The minimum absolute atomic E-state index is 0.0127. The quantitative estimate of drug-likeness (QED) is 0.872. The average molecular weight is 280 g/mol. The summed E-state index contributed by atoms with van der Waals surface area (Å²) in [6, 6.07) is 4.91. The molecule has 0 aliphatic heterocycles. The van der Waals surface area contributed by atoms with E-state index in [1.165, 1.54) is 0 Å². The summed E-state index contributed by atoms with van der Waals surface area (Å²) in [4.78, 5) is 22.8. The number of nitrogens with two attached hydrogens (primary N) is 1. The molecular weight excluding hydrogens is 266 g/mol. The van der Waals surface area contributed by atoms with Gasteiger partial charge in [-0.15, -0.1) is 0 Å². The maximum Gasteiger partial charge on any atom is 0.249 e. The van der Waals surface area contributed by atoms with E-state index in [4.69, 9.17) is 22.1 Å². The Bertz CT molecular complexity index is 686. The van der Waals surface area contributed by atoms with Crippen LogP contribution in [0.2, 0.25) is 5.02 Å². The van der Waals surface area contributed by atoms with Crippen LogP contribution in [0.3, 0.4) is 0 Å². The third-order valence-electron chi connectivity index (χ3n) is 3.06. The lowest BCUT2D eigenvalue weighted by Gasteiger charge is -2.17. The molecule has 2 aromatic rings. The third kappa shape index (κ3) is 2.36. The largest absolute Gasteiger partial charge is 0.490 e. The predicted molar refractivity (Wildman–Crippen MR) is 76.6 cm³/mol. The van der Waals surface area contributed by atoms with Gasteiger partial charge in [0.25, 0.3) is 0 Å². The molecule has 1 atom stereocenters. The average Bonchev–Trinajstić information content (AvgIpc) is 2.40. The number of ether oxygens (including phenoxy) is 1. The molecule has 5 heteroatoms. The van der Waals surface area contributed by atoms with Crippen LogP contribution in [0.25, 0.3) is 11.1 Å². The lowest BCUT2D eigenvalue weighted by atomic mass is 9.98. The summed E-state index contributed by atoms with van der Waals surface area (Å²) in [5.74, 6) is 0.473. The van der Waals surface area contributed by atoms with E-state index in [-0.39, 0.29) is 17.4 Å². The molecular formula is C14H14ClNO3. The monoisotopic (exact) mass is 279 g/mol. The molecule has 0 saturated carbocycles. The minimum atomic E-state index is -0.639. The minimum Gasteiger partial charge on any atom is -0.490 e. The fourth-order valence-corrected chi connectivity index (χ4v) is 1.94. The SMILES string of the molecule is CCC(C)Oc1cc(Cl)ccc1-c1c(N)c(=O)c1=O. The van der Waals surface area contributed by atoms with Crippen LogP contribution < -0.4 is 21.3 Å². The van der Waals surface area contributed by atoms with Crippen molar-refractivity contribution in [2.24, 2.45) is 0 Å². The van der Waals surface area contributed by atoms with Gasteiger partial charge in [0.2, 0.25) is 10.9 Å². The van der Waals surface area contributed by atoms with E-state index in [1.807, 2.05) is 13.8 Å². The van der Waals surface area contributed by atoms with Gasteiger partial charge in [0, 0.05) is 10.6 Å². The topological polar surface area (TPSA) is 69.4 Å². The van der Waals surface area contributed by atoms with Crippen molar-refractivity contribution in [1.29, 1.82) is 0 Å². The zero-order valence-corrected chi connectivity index (χ0v) is 11.5. The molecule has 100 valence electrons. The molecule has 0 amide bonds. The van der Waals surface area contributed by atoms with Crippen molar-refractivity contribution >= 4 is 17.3 Å². The van der Waals surface area contributed by atoms with E-state index in [0.29, 0.717) is 16.3 Å². The number of anilines is 1. The van der Waals surface area contributed by atoms with E-state index < -0.39 is 10.9 Å². The summed E-state index contributed by atoms with van der Waals surface area (Å²) in [7, 11) is 0. The van der Waals surface area contributed by atoms with Gasteiger partial charge in [0.1, 0.15) is 5.75 Å². The van der Waals surface area contributed by atoms with Gasteiger partial charge in [-0.25, -0.2) is 0 Å². The Labute approximate surface area is 115 Å². The number of hydrogen-bond acceptors (Lipinski definition) is 4. The summed E-state index contributed by atoms with van der Waals surface area (Å²) < 4.78 is 5.73. The van der Waals surface area contributed by atoms with Crippen LogP contribution in [0.5, 0.6) is 5.75 Å². The van der Waals surface area contributed by atoms with Crippen molar-refractivity contribution in [3.63, 3.8) is 0 Å². The lowest BCUT2D eigenvalue weighted by Crippen LogP contribution is -2.36. The zero-order chi connectivity index (χ0) is 14.2. The Hall–Kier alpha value is -1.81. The van der Waals surface area contributed by atoms with Crippen LogP contribution in [-0.4, -0.2) is 6.10 Å². The number of hydrogen-bond donors (Lipinski definition) is 1. The number of halogens is 1. The Morgan fingerprint density at radius 3 is 2.58 bits per heavy atom. The van der Waals surface area contributed by atoms with Gasteiger partial charge < -0.3 is 10.5 Å². The Morgan fingerprint density at radius 1 is 1.32 bits per heavy atom. The van der Waals surface area contributed by atoms with Crippen LogP contribution in [-0.2, 0) is 0 Å². The first-order valence-electron chi connectivity index (χ1n) is 6.01. The Kier molecular flexibility index (Phi) is 3.62. The molecule has 0 fully saturated rings. The smallest absolute Gasteiger partial charge is 0.249 e. The molecule has 0 bridgehead atoms. The first-order chi connectivity index (χ1) is 8.95. The zero-order valence-electron chi connectivity index (χ0n) is 10.7. The van der Waals surface area contributed by atoms with Crippen LogP contribution in [0.4, 0.5) is 5.69 Å². The van der Waals surface area contributed by atoms with E-state index >= 15 is 0 Å². The van der Waals surface area contributed by atoms with Crippen molar-refractivity contribution in [2.75, 3.05) is 5.73 Å². The molecule has 0 saturated heterocycles. The van der Waals surface area contributed by atoms with Crippen molar-refractivity contribution < 1.29 is 4.74 Å². The van der Waals surface area contributed by atoms with E-state index in [2.05, 4.69) is 0 Å². The lowest BCUT2D eigenvalue weighted by molar-refractivity contribution is 0.218. The standard InChI is InChI=1S/C14H14ClNO3/c1-3-7(2)19-10-6-8(15)4-5-9(10)11-12(16)14(18)13(11)17/h4-7H,3,16H2,1-2H3. The summed E-state index contributed by atoms with van der Waals surface area (Å²) in [6.45, 7) is 3.90. The van der Waals surface area contributed by atoms with Gasteiger partial charge in [0.15, 0.2) is 0 Å². The van der Waals surface area contributed by atoms with Gasteiger partial charge >= 0.3 is 0 Å². The van der Waals surface area contributed by atoms with E-state index in [1.54, 1.807) is 18.2 Å². The number of rotatable bonds is 4. The highest BCUT2D eigenvalue weighted by atomic mass is 35.5. The van der Waals surface area contributed by atoms with Gasteiger partial charge in [0.05, 0.1) is 17.4 Å². The Morgan fingerprint density at radius 2 is 2.00 bits per heavy atom. The molecule has 0 aromatic heterocycles. The molecule has 0 spiro atoms. The highest BCUT2D eigenvalue weighted by Gasteiger charge is 2.23. The van der Waals surface area contributed by atoms with Gasteiger partial charge in [-0.1, -0.05) is 18.5 Å². The second-order valence-electron chi connectivity index (χ2n) is 4.42. The van der Waals surface area contributed by atoms with Gasteiger partial charge in [-0.3, -0.25) is 9.59 Å². The summed E-state index contributed by atoms with van der Waals surface area (Å²) >= 11 is 5.93. The second kappa shape index (κ2) is 5.05. The van der Waals surface area contributed by atoms with Crippen molar-refractivity contribution in [1.82, 2.24) is 0 Å². The number of benzene rings is 1.